The largest absolute Gasteiger partial charge is 0.522 e. The van der Waals surface area contributed by atoms with Crippen molar-refractivity contribution in [1.29, 1.82) is 0 Å². The third kappa shape index (κ3) is 5.71. The molecule has 0 unspecified atom stereocenters. The van der Waals surface area contributed by atoms with E-state index in [0.29, 0.717) is 6.54 Å². The Bertz CT molecular complexity index is 300. The molecule has 3 nitrogen and oxygen atoms in total. The second-order valence-electron chi connectivity index (χ2n) is 2.85. The second kappa shape index (κ2) is 5.43. The summed E-state index contributed by atoms with van der Waals surface area (Å²) in [4.78, 5) is 4.15. The fraction of sp³-hybridized carbons (Fsp3) is 0.625. The maximum absolute atomic E-state index is 11.5. The average Bonchev–Trinajstić information content (AvgIpc) is 2.49. The third-order valence-electron chi connectivity index (χ3n) is 1.49. The number of thiazole rings is 1. The first-order chi connectivity index (χ1) is 6.97. The first-order valence-electron chi connectivity index (χ1n) is 4.30. The number of aryl methyl sites for hydroxylation is 1. The molecule has 0 spiro atoms. The summed E-state index contributed by atoms with van der Waals surface area (Å²) in [5, 5.41) is 5.56. The number of hydrogen-bond acceptors (Lipinski definition) is 4. The Morgan fingerprint density at radius 1 is 1.53 bits per heavy atom. The molecule has 0 aliphatic heterocycles. The van der Waals surface area contributed by atoms with Gasteiger partial charge in [-0.05, 0) is 6.92 Å². The van der Waals surface area contributed by atoms with E-state index in [9.17, 15) is 13.2 Å². The van der Waals surface area contributed by atoms with Gasteiger partial charge in [-0.2, -0.15) is 0 Å². The van der Waals surface area contributed by atoms with Crippen LogP contribution in [0.4, 0.5) is 13.2 Å². The molecule has 0 radical (unpaired) electrons. The zero-order valence-electron chi connectivity index (χ0n) is 8.10. The highest BCUT2D eigenvalue weighted by atomic mass is 32.1. The molecule has 0 aliphatic rings. The zero-order valence-corrected chi connectivity index (χ0v) is 8.91. The highest BCUT2D eigenvalue weighted by Gasteiger charge is 2.28. The number of nitrogens with one attached hydrogen (secondary N) is 1. The first-order valence-corrected chi connectivity index (χ1v) is 5.18. The van der Waals surface area contributed by atoms with Crippen LogP contribution in [-0.4, -0.2) is 24.5 Å². The van der Waals surface area contributed by atoms with Crippen LogP contribution in [0.15, 0.2) is 5.38 Å². The predicted molar refractivity (Wildman–Crippen MR) is 50.6 cm³/mol. The number of rotatable bonds is 5. The molecule has 86 valence electrons. The zero-order chi connectivity index (χ0) is 11.3. The van der Waals surface area contributed by atoms with Crippen LogP contribution in [0, 0.1) is 6.92 Å². The normalized spacial score (nSPS) is 12.0. The van der Waals surface area contributed by atoms with E-state index >= 15 is 0 Å². The number of aromatic nitrogens is 1. The summed E-state index contributed by atoms with van der Waals surface area (Å²) in [6.07, 6.45) is -4.54. The summed E-state index contributed by atoms with van der Waals surface area (Å²) in [5.41, 5.74) is 0.920. The smallest absolute Gasteiger partial charge is 0.308 e. The van der Waals surface area contributed by atoms with Crippen molar-refractivity contribution in [2.45, 2.75) is 19.8 Å². The Balaban J connectivity index is 2.07. The van der Waals surface area contributed by atoms with E-state index in [4.69, 9.17) is 0 Å². The fourth-order valence-corrected chi connectivity index (χ4v) is 1.66. The molecular weight excluding hydrogens is 229 g/mol. The van der Waals surface area contributed by atoms with Crippen molar-refractivity contribution in [2.75, 3.05) is 13.2 Å². The van der Waals surface area contributed by atoms with Crippen LogP contribution >= 0.6 is 11.3 Å². The highest BCUT2D eigenvalue weighted by Crippen LogP contribution is 2.15. The van der Waals surface area contributed by atoms with Crippen molar-refractivity contribution >= 4 is 11.3 Å². The molecule has 1 aromatic rings. The third-order valence-corrected chi connectivity index (χ3v) is 2.45. The standard InChI is InChI=1S/C8H11F3N2OS/c1-6-5-15-7(13-6)4-12-2-3-14-8(9,10)11/h5,12H,2-4H2,1H3. The van der Waals surface area contributed by atoms with Crippen LogP contribution < -0.4 is 5.32 Å². The van der Waals surface area contributed by atoms with E-state index in [-0.39, 0.29) is 13.2 Å². The summed E-state index contributed by atoms with van der Waals surface area (Å²) in [6, 6.07) is 0. The Labute approximate surface area is 89.3 Å². The van der Waals surface area contributed by atoms with Crippen molar-refractivity contribution in [3.05, 3.63) is 16.1 Å². The summed E-state index contributed by atoms with van der Waals surface area (Å²) in [5.74, 6) is 0. The van der Waals surface area contributed by atoms with Gasteiger partial charge in [-0.1, -0.05) is 0 Å². The summed E-state index contributed by atoms with van der Waals surface area (Å²) < 4.78 is 38.2. The molecule has 1 N–H and O–H groups in total. The van der Waals surface area contributed by atoms with Crippen molar-refractivity contribution < 1.29 is 17.9 Å². The molecule has 0 atom stereocenters. The van der Waals surface area contributed by atoms with Crippen molar-refractivity contribution in [3.8, 4) is 0 Å². The monoisotopic (exact) mass is 240 g/mol. The van der Waals surface area contributed by atoms with Crippen LogP contribution in [0.5, 0.6) is 0 Å². The average molecular weight is 240 g/mol. The van der Waals surface area contributed by atoms with Crippen molar-refractivity contribution in [3.63, 3.8) is 0 Å². The maximum Gasteiger partial charge on any atom is 0.522 e. The SMILES string of the molecule is Cc1csc(CNCCOC(F)(F)F)n1. The molecular formula is C8H11F3N2OS. The minimum atomic E-state index is -4.54. The maximum atomic E-state index is 11.5. The lowest BCUT2D eigenvalue weighted by Gasteiger charge is -2.07. The lowest BCUT2D eigenvalue weighted by Crippen LogP contribution is -2.23. The van der Waals surface area contributed by atoms with E-state index in [2.05, 4.69) is 15.0 Å². The van der Waals surface area contributed by atoms with Gasteiger partial charge in [0.2, 0.25) is 0 Å². The highest BCUT2D eigenvalue weighted by molar-refractivity contribution is 7.09. The van der Waals surface area contributed by atoms with Gasteiger partial charge in [0.15, 0.2) is 0 Å². The Hall–Kier alpha value is -0.660. The number of nitrogens with zero attached hydrogens (tertiary/aromatic N) is 1. The van der Waals surface area contributed by atoms with Crippen LogP contribution in [0.2, 0.25) is 0 Å². The summed E-state index contributed by atoms with van der Waals surface area (Å²) in [7, 11) is 0. The van der Waals surface area contributed by atoms with Gasteiger partial charge in [0.05, 0.1) is 6.61 Å². The fourth-order valence-electron chi connectivity index (χ4n) is 0.918. The number of alkyl halides is 3. The van der Waals surface area contributed by atoms with Crippen LogP contribution in [0.1, 0.15) is 10.7 Å². The molecule has 7 heteroatoms. The Kier molecular flexibility index (Phi) is 4.49. The molecule has 0 saturated carbocycles. The van der Waals surface area contributed by atoms with Crippen LogP contribution in [-0.2, 0) is 11.3 Å². The van der Waals surface area contributed by atoms with Crippen molar-refractivity contribution in [2.24, 2.45) is 0 Å². The molecule has 1 aromatic heterocycles. The predicted octanol–water partition coefficient (Wildman–Crippen LogP) is 2.08. The van der Waals surface area contributed by atoms with Crippen LogP contribution in [0.3, 0.4) is 0 Å². The lowest BCUT2D eigenvalue weighted by atomic mass is 10.5. The van der Waals surface area contributed by atoms with E-state index < -0.39 is 6.36 Å². The van der Waals surface area contributed by atoms with Gasteiger partial charge in [-0.3, -0.25) is 4.74 Å². The molecule has 1 heterocycles. The van der Waals surface area contributed by atoms with Gasteiger partial charge >= 0.3 is 6.36 Å². The quantitative estimate of drug-likeness (QED) is 0.800. The number of ether oxygens (including phenoxy) is 1. The Morgan fingerprint density at radius 2 is 2.27 bits per heavy atom. The Morgan fingerprint density at radius 3 is 2.80 bits per heavy atom. The first kappa shape index (κ1) is 12.4. The van der Waals surface area contributed by atoms with Gasteiger partial charge in [0, 0.05) is 24.2 Å². The second-order valence-corrected chi connectivity index (χ2v) is 3.80. The molecule has 1 rings (SSSR count). The number of hydrogen-bond donors (Lipinski definition) is 1. The van der Waals surface area contributed by atoms with Gasteiger partial charge < -0.3 is 5.32 Å². The molecule has 0 bridgehead atoms. The molecule has 0 aromatic carbocycles. The molecule has 0 aliphatic carbocycles. The van der Waals surface area contributed by atoms with Gasteiger partial charge in [-0.25, -0.2) is 4.98 Å². The topological polar surface area (TPSA) is 34.1 Å². The molecule has 0 fully saturated rings. The molecule has 0 saturated heterocycles. The summed E-state index contributed by atoms with van der Waals surface area (Å²) >= 11 is 1.48. The minimum Gasteiger partial charge on any atom is -0.308 e. The van der Waals surface area contributed by atoms with Crippen LogP contribution in [0.25, 0.3) is 0 Å². The summed E-state index contributed by atoms with van der Waals surface area (Å²) in [6.45, 7) is 2.11. The molecule has 15 heavy (non-hydrogen) atoms. The van der Waals surface area contributed by atoms with E-state index in [1.165, 1.54) is 11.3 Å². The van der Waals surface area contributed by atoms with E-state index in [0.717, 1.165) is 10.7 Å². The van der Waals surface area contributed by atoms with Crippen molar-refractivity contribution in [1.82, 2.24) is 10.3 Å². The van der Waals surface area contributed by atoms with E-state index in [1.54, 1.807) is 0 Å². The van der Waals surface area contributed by atoms with Gasteiger partial charge in [0.25, 0.3) is 0 Å². The molecule has 0 amide bonds. The minimum absolute atomic E-state index is 0.151. The lowest BCUT2D eigenvalue weighted by molar-refractivity contribution is -0.323. The van der Waals surface area contributed by atoms with Gasteiger partial charge in [0.1, 0.15) is 5.01 Å². The van der Waals surface area contributed by atoms with Gasteiger partial charge in [-0.15, -0.1) is 24.5 Å². The van der Waals surface area contributed by atoms with E-state index in [1.807, 2.05) is 12.3 Å². The number of halogens is 3.